The molecule has 7 heteroatoms. The third-order valence-corrected chi connectivity index (χ3v) is 2.21. The highest BCUT2D eigenvalue weighted by atomic mass is 19.3. The number of carbonyl (C=O) groups is 1. The van der Waals surface area contributed by atoms with Crippen molar-refractivity contribution in [3.8, 4) is 5.75 Å². The van der Waals surface area contributed by atoms with E-state index in [1.54, 1.807) is 19.1 Å². The summed E-state index contributed by atoms with van der Waals surface area (Å²) in [6, 6.07) is 4.26. The van der Waals surface area contributed by atoms with Crippen LogP contribution in [-0.4, -0.2) is 37.3 Å². The standard InChI is InChI=1S/C12H16F2N2O3/c1-8-2-3-9(16-12(18)15-4-5-17)6-10(8)19-7-11(13)14/h2-3,6,11,17H,4-5,7H2,1H3,(H2,15,16,18). The fourth-order valence-electron chi connectivity index (χ4n) is 1.33. The van der Waals surface area contributed by atoms with Crippen molar-refractivity contribution in [1.29, 1.82) is 0 Å². The van der Waals surface area contributed by atoms with Crippen molar-refractivity contribution in [3.63, 3.8) is 0 Å². The Hall–Kier alpha value is -1.89. The Morgan fingerprint density at radius 1 is 1.47 bits per heavy atom. The molecule has 1 aromatic rings. The molecule has 0 aliphatic heterocycles. The smallest absolute Gasteiger partial charge is 0.319 e. The quantitative estimate of drug-likeness (QED) is 0.740. The second-order valence-corrected chi connectivity index (χ2v) is 3.79. The van der Waals surface area contributed by atoms with Gasteiger partial charge in [0.25, 0.3) is 6.43 Å². The highest BCUT2D eigenvalue weighted by Crippen LogP contribution is 2.23. The van der Waals surface area contributed by atoms with Crippen molar-refractivity contribution in [1.82, 2.24) is 5.32 Å². The lowest BCUT2D eigenvalue weighted by molar-refractivity contribution is 0.0816. The molecule has 0 saturated heterocycles. The lowest BCUT2D eigenvalue weighted by atomic mass is 10.2. The molecule has 0 aromatic heterocycles. The van der Waals surface area contributed by atoms with Gasteiger partial charge in [0.05, 0.1) is 6.61 Å². The first-order valence-electron chi connectivity index (χ1n) is 5.70. The number of carbonyl (C=O) groups excluding carboxylic acids is 1. The summed E-state index contributed by atoms with van der Waals surface area (Å²) in [6.45, 7) is 0.994. The molecule has 3 N–H and O–H groups in total. The number of aliphatic hydroxyl groups excluding tert-OH is 1. The molecule has 0 aliphatic rings. The normalized spacial score (nSPS) is 10.4. The van der Waals surface area contributed by atoms with Crippen molar-refractivity contribution >= 4 is 11.7 Å². The van der Waals surface area contributed by atoms with Crippen LogP contribution >= 0.6 is 0 Å². The van der Waals surface area contributed by atoms with Gasteiger partial charge in [-0.2, -0.15) is 0 Å². The first kappa shape index (κ1) is 15.2. The Kier molecular flexibility index (Phi) is 6.01. The molecule has 0 unspecified atom stereocenters. The van der Waals surface area contributed by atoms with Crippen molar-refractivity contribution in [3.05, 3.63) is 23.8 Å². The second kappa shape index (κ2) is 7.52. The van der Waals surface area contributed by atoms with Crippen LogP contribution in [0.25, 0.3) is 0 Å². The van der Waals surface area contributed by atoms with E-state index in [0.717, 1.165) is 0 Å². The number of nitrogens with one attached hydrogen (secondary N) is 2. The van der Waals surface area contributed by atoms with Crippen LogP contribution in [0.5, 0.6) is 5.75 Å². The van der Waals surface area contributed by atoms with Gasteiger partial charge in [0, 0.05) is 18.3 Å². The number of anilines is 1. The number of urea groups is 1. The topological polar surface area (TPSA) is 70.6 Å². The Morgan fingerprint density at radius 3 is 2.84 bits per heavy atom. The highest BCUT2D eigenvalue weighted by molar-refractivity contribution is 5.89. The molecule has 0 fully saturated rings. The summed E-state index contributed by atoms with van der Waals surface area (Å²) in [5, 5.41) is 13.5. The number of hydrogen-bond donors (Lipinski definition) is 3. The Balaban J connectivity index is 2.64. The maximum atomic E-state index is 12.1. The summed E-state index contributed by atoms with van der Waals surface area (Å²) in [5.74, 6) is 0.292. The molecule has 0 bridgehead atoms. The number of aryl methyl sites for hydroxylation is 1. The molecule has 2 amide bonds. The molecular weight excluding hydrogens is 258 g/mol. The van der Waals surface area contributed by atoms with Gasteiger partial charge >= 0.3 is 6.03 Å². The summed E-state index contributed by atoms with van der Waals surface area (Å²) in [5.41, 5.74) is 1.12. The molecule has 106 valence electrons. The molecule has 0 aliphatic carbocycles. The first-order valence-corrected chi connectivity index (χ1v) is 5.70. The first-order chi connectivity index (χ1) is 9.02. The molecule has 0 spiro atoms. The monoisotopic (exact) mass is 274 g/mol. The number of ether oxygens (including phenoxy) is 1. The molecule has 1 rings (SSSR count). The average Bonchev–Trinajstić information content (AvgIpc) is 2.37. The molecular formula is C12H16F2N2O3. The van der Waals surface area contributed by atoms with Gasteiger partial charge in [0.15, 0.2) is 0 Å². The minimum atomic E-state index is -2.55. The predicted molar refractivity (Wildman–Crippen MR) is 66.8 cm³/mol. The van der Waals surface area contributed by atoms with E-state index >= 15 is 0 Å². The van der Waals surface area contributed by atoms with Gasteiger partial charge in [-0.3, -0.25) is 0 Å². The number of amides is 2. The van der Waals surface area contributed by atoms with Crippen LogP contribution < -0.4 is 15.4 Å². The molecule has 0 radical (unpaired) electrons. The largest absolute Gasteiger partial charge is 0.487 e. The van der Waals surface area contributed by atoms with E-state index in [1.807, 2.05) is 0 Å². The van der Waals surface area contributed by atoms with Crippen LogP contribution in [0.2, 0.25) is 0 Å². The van der Waals surface area contributed by atoms with Crippen LogP contribution in [0.4, 0.5) is 19.3 Å². The molecule has 0 saturated carbocycles. The maximum absolute atomic E-state index is 12.1. The van der Waals surface area contributed by atoms with Crippen LogP contribution in [-0.2, 0) is 0 Å². The van der Waals surface area contributed by atoms with Gasteiger partial charge in [-0.1, -0.05) is 6.07 Å². The van der Waals surface area contributed by atoms with Gasteiger partial charge in [-0.05, 0) is 18.6 Å². The number of rotatable bonds is 6. The number of benzene rings is 1. The van der Waals surface area contributed by atoms with Crippen LogP contribution in [0.1, 0.15) is 5.56 Å². The second-order valence-electron chi connectivity index (χ2n) is 3.79. The van der Waals surface area contributed by atoms with E-state index in [-0.39, 0.29) is 13.2 Å². The third-order valence-electron chi connectivity index (χ3n) is 2.21. The Labute approximate surface area is 109 Å². The lowest BCUT2D eigenvalue weighted by Gasteiger charge is -2.11. The summed E-state index contributed by atoms with van der Waals surface area (Å²) in [7, 11) is 0. The minimum absolute atomic E-state index is 0.131. The number of alkyl halides is 2. The van der Waals surface area contributed by atoms with E-state index in [1.165, 1.54) is 6.07 Å². The summed E-state index contributed by atoms with van der Waals surface area (Å²) in [6.07, 6.45) is -2.55. The summed E-state index contributed by atoms with van der Waals surface area (Å²) < 4.78 is 29.1. The summed E-state index contributed by atoms with van der Waals surface area (Å²) >= 11 is 0. The van der Waals surface area contributed by atoms with Crippen LogP contribution in [0.3, 0.4) is 0 Å². The van der Waals surface area contributed by atoms with E-state index in [2.05, 4.69) is 10.6 Å². The highest BCUT2D eigenvalue weighted by Gasteiger charge is 2.08. The van der Waals surface area contributed by atoms with Crippen LogP contribution in [0.15, 0.2) is 18.2 Å². The van der Waals surface area contributed by atoms with Crippen molar-refractivity contribution in [2.45, 2.75) is 13.3 Å². The van der Waals surface area contributed by atoms with E-state index in [9.17, 15) is 13.6 Å². The fourth-order valence-corrected chi connectivity index (χ4v) is 1.33. The molecule has 0 heterocycles. The maximum Gasteiger partial charge on any atom is 0.319 e. The predicted octanol–water partition coefficient (Wildman–Crippen LogP) is 1.75. The van der Waals surface area contributed by atoms with Gasteiger partial charge < -0.3 is 20.5 Å². The third kappa shape index (κ3) is 5.52. The van der Waals surface area contributed by atoms with E-state index in [4.69, 9.17) is 9.84 Å². The van der Waals surface area contributed by atoms with Gasteiger partial charge in [-0.15, -0.1) is 0 Å². The average molecular weight is 274 g/mol. The molecule has 5 nitrogen and oxygen atoms in total. The number of aliphatic hydroxyl groups is 1. The van der Waals surface area contributed by atoms with Gasteiger partial charge in [0.1, 0.15) is 12.4 Å². The zero-order chi connectivity index (χ0) is 14.3. The fraction of sp³-hybridized carbons (Fsp3) is 0.417. The molecule has 19 heavy (non-hydrogen) atoms. The zero-order valence-corrected chi connectivity index (χ0v) is 10.5. The zero-order valence-electron chi connectivity index (χ0n) is 10.5. The van der Waals surface area contributed by atoms with Gasteiger partial charge in [0.2, 0.25) is 0 Å². The SMILES string of the molecule is Cc1ccc(NC(=O)NCCO)cc1OCC(F)F. The lowest BCUT2D eigenvalue weighted by Crippen LogP contribution is -2.30. The Morgan fingerprint density at radius 2 is 2.21 bits per heavy atom. The van der Waals surface area contributed by atoms with E-state index < -0.39 is 19.1 Å². The number of hydrogen-bond acceptors (Lipinski definition) is 3. The van der Waals surface area contributed by atoms with Crippen molar-refractivity contribution in [2.24, 2.45) is 0 Å². The van der Waals surface area contributed by atoms with Crippen molar-refractivity contribution in [2.75, 3.05) is 25.1 Å². The summed E-state index contributed by atoms with van der Waals surface area (Å²) in [4.78, 5) is 11.3. The van der Waals surface area contributed by atoms with Crippen LogP contribution in [0, 0.1) is 6.92 Å². The Bertz CT molecular complexity index is 427. The molecule has 1 aromatic carbocycles. The number of halogens is 2. The minimum Gasteiger partial charge on any atom is -0.487 e. The van der Waals surface area contributed by atoms with E-state index in [0.29, 0.717) is 17.0 Å². The van der Waals surface area contributed by atoms with Gasteiger partial charge in [-0.25, -0.2) is 13.6 Å². The van der Waals surface area contributed by atoms with Crippen molar-refractivity contribution < 1.29 is 23.4 Å². The molecule has 0 atom stereocenters.